The van der Waals surface area contributed by atoms with Crippen molar-refractivity contribution in [1.82, 2.24) is 4.98 Å². The van der Waals surface area contributed by atoms with Gasteiger partial charge in [-0.2, -0.15) is 5.26 Å². The Kier molecular flexibility index (Phi) is 5.94. The number of aryl methyl sites for hydroxylation is 1. The second kappa shape index (κ2) is 7.46. The number of aliphatic hydroxyl groups excluding tert-OH is 1. The lowest BCUT2D eigenvalue weighted by Crippen LogP contribution is -2.25. The summed E-state index contributed by atoms with van der Waals surface area (Å²) < 4.78 is 5.09. The van der Waals surface area contributed by atoms with Gasteiger partial charge in [-0.15, -0.1) is 0 Å². The summed E-state index contributed by atoms with van der Waals surface area (Å²) in [6.07, 6.45) is 1.17. The minimum Gasteiger partial charge on any atom is -0.444 e. The molecule has 1 aliphatic rings. The summed E-state index contributed by atoms with van der Waals surface area (Å²) in [4.78, 5) is 17.2. The highest BCUT2D eigenvalue weighted by molar-refractivity contribution is 5.89. The Hall–Kier alpha value is -2.13. The third kappa shape index (κ3) is 3.45. The fourth-order valence-corrected chi connectivity index (χ4v) is 1.81. The zero-order chi connectivity index (χ0) is 15.1. The van der Waals surface area contributed by atoms with Crippen LogP contribution in [0.1, 0.15) is 31.5 Å². The highest BCUT2D eigenvalue weighted by Gasteiger charge is 2.32. The number of anilines is 1. The lowest BCUT2D eigenvalue weighted by atomic mass is 10.2. The van der Waals surface area contributed by atoms with Gasteiger partial charge in [0.05, 0.1) is 29.7 Å². The highest BCUT2D eigenvalue weighted by atomic mass is 16.6. The van der Waals surface area contributed by atoms with E-state index >= 15 is 0 Å². The van der Waals surface area contributed by atoms with Crippen LogP contribution in [0.15, 0.2) is 12.3 Å². The number of pyridine rings is 1. The molecule has 6 nitrogen and oxygen atoms in total. The molecule has 2 heterocycles. The van der Waals surface area contributed by atoms with Gasteiger partial charge in [-0.05, 0) is 13.0 Å². The van der Waals surface area contributed by atoms with Crippen molar-refractivity contribution >= 4 is 11.8 Å². The molecular weight excluding hydrogens is 258 g/mol. The van der Waals surface area contributed by atoms with Crippen LogP contribution in [0.5, 0.6) is 0 Å². The van der Waals surface area contributed by atoms with Gasteiger partial charge in [0.15, 0.2) is 0 Å². The first kappa shape index (κ1) is 15.9. The summed E-state index contributed by atoms with van der Waals surface area (Å²) in [5.41, 5.74) is 1.61. The van der Waals surface area contributed by atoms with E-state index in [4.69, 9.17) is 15.1 Å². The average Bonchev–Trinajstić information content (AvgIpc) is 2.83. The van der Waals surface area contributed by atoms with E-state index in [0.29, 0.717) is 29.9 Å². The molecule has 1 unspecified atom stereocenters. The molecule has 1 fully saturated rings. The summed E-state index contributed by atoms with van der Waals surface area (Å²) in [7, 11) is 0. The number of nitriles is 1. The second-order valence-corrected chi connectivity index (χ2v) is 4.07. The van der Waals surface area contributed by atoms with Gasteiger partial charge in [0.25, 0.3) is 0 Å². The van der Waals surface area contributed by atoms with Crippen molar-refractivity contribution in [1.29, 1.82) is 5.26 Å². The molecule has 1 atom stereocenters. The highest BCUT2D eigenvalue weighted by Crippen LogP contribution is 2.23. The lowest BCUT2D eigenvalue weighted by molar-refractivity contribution is 0.122. The number of hydrogen-bond donors (Lipinski definition) is 1. The average molecular weight is 277 g/mol. The van der Waals surface area contributed by atoms with Crippen molar-refractivity contribution in [3.63, 3.8) is 0 Å². The summed E-state index contributed by atoms with van der Waals surface area (Å²) in [5, 5.41) is 17.8. The normalized spacial score (nSPS) is 17.1. The predicted octanol–water partition coefficient (Wildman–Crippen LogP) is 2.00. The molecule has 2 rings (SSSR count). The van der Waals surface area contributed by atoms with Crippen LogP contribution in [0.3, 0.4) is 0 Å². The Morgan fingerprint density at radius 1 is 1.60 bits per heavy atom. The molecule has 6 heteroatoms. The largest absolute Gasteiger partial charge is 0.444 e. The Labute approximate surface area is 118 Å². The predicted molar refractivity (Wildman–Crippen MR) is 74.4 cm³/mol. The Balaban J connectivity index is 0.000000956. The number of rotatable bonds is 3. The SMILES string of the molecule is CC.Cc1ncc(N2CC(CCO)OC2=O)cc1C#N. The van der Waals surface area contributed by atoms with Crippen molar-refractivity contribution in [2.45, 2.75) is 33.3 Å². The second-order valence-electron chi connectivity index (χ2n) is 4.07. The van der Waals surface area contributed by atoms with Crippen molar-refractivity contribution < 1.29 is 14.6 Å². The zero-order valence-electron chi connectivity index (χ0n) is 12.0. The number of carbonyl (C=O) groups excluding carboxylic acids is 1. The molecule has 0 aromatic carbocycles. The van der Waals surface area contributed by atoms with Gasteiger partial charge >= 0.3 is 6.09 Å². The van der Waals surface area contributed by atoms with Crippen LogP contribution in [0.2, 0.25) is 0 Å². The minimum absolute atomic E-state index is 0.0264. The van der Waals surface area contributed by atoms with Gasteiger partial charge in [0.2, 0.25) is 0 Å². The van der Waals surface area contributed by atoms with Crippen LogP contribution < -0.4 is 4.90 Å². The van der Waals surface area contributed by atoms with Gasteiger partial charge in [0, 0.05) is 13.0 Å². The van der Waals surface area contributed by atoms with Crippen LogP contribution >= 0.6 is 0 Å². The smallest absolute Gasteiger partial charge is 0.414 e. The molecule has 20 heavy (non-hydrogen) atoms. The van der Waals surface area contributed by atoms with E-state index in [0.717, 1.165) is 0 Å². The molecule has 108 valence electrons. The van der Waals surface area contributed by atoms with Gasteiger partial charge < -0.3 is 9.84 Å². The number of hydrogen-bond acceptors (Lipinski definition) is 5. The number of aliphatic hydroxyl groups is 1. The quantitative estimate of drug-likeness (QED) is 0.913. The van der Waals surface area contributed by atoms with Gasteiger partial charge in [0.1, 0.15) is 12.2 Å². The third-order valence-corrected chi connectivity index (χ3v) is 2.83. The fraction of sp³-hybridized carbons (Fsp3) is 0.500. The van der Waals surface area contributed by atoms with E-state index in [2.05, 4.69) is 4.98 Å². The van der Waals surface area contributed by atoms with E-state index < -0.39 is 6.09 Å². The van der Waals surface area contributed by atoms with E-state index in [1.807, 2.05) is 19.9 Å². The molecule has 0 saturated carbocycles. The molecule has 1 N–H and O–H groups in total. The number of ether oxygens (including phenoxy) is 1. The maximum absolute atomic E-state index is 11.7. The molecule has 0 bridgehead atoms. The number of carbonyl (C=O) groups is 1. The van der Waals surface area contributed by atoms with Crippen molar-refractivity contribution in [2.24, 2.45) is 0 Å². The van der Waals surface area contributed by atoms with E-state index in [1.54, 1.807) is 19.2 Å². The first-order valence-corrected chi connectivity index (χ1v) is 6.61. The first-order chi connectivity index (χ1) is 9.65. The topological polar surface area (TPSA) is 86.5 Å². The zero-order valence-corrected chi connectivity index (χ0v) is 12.0. The number of nitrogens with zero attached hydrogens (tertiary/aromatic N) is 3. The maximum Gasteiger partial charge on any atom is 0.414 e. The van der Waals surface area contributed by atoms with E-state index in [9.17, 15) is 4.79 Å². The van der Waals surface area contributed by atoms with Crippen LogP contribution in [0.25, 0.3) is 0 Å². The number of amides is 1. The molecule has 1 saturated heterocycles. The molecule has 1 amide bonds. The fourth-order valence-electron chi connectivity index (χ4n) is 1.81. The van der Waals surface area contributed by atoms with E-state index in [-0.39, 0.29) is 12.7 Å². The maximum atomic E-state index is 11.7. The van der Waals surface area contributed by atoms with Crippen LogP contribution in [0, 0.1) is 18.3 Å². The molecule has 1 aromatic rings. The molecule has 1 aromatic heterocycles. The minimum atomic E-state index is -0.469. The van der Waals surface area contributed by atoms with Gasteiger partial charge in [-0.1, -0.05) is 13.8 Å². The Morgan fingerprint density at radius 3 is 2.90 bits per heavy atom. The monoisotopic (exact) mass is 277 g/mol. The standard InChI is InChI=1S/C12H13N3O3.C2H6/c1-8-9(5-13)4-10(6-14-8)15-7-11(2-3-16)18-12(15)17;1-2/h4,6,11,16H,2-3,7H2,1H3;1-2H3. The van der Waals surface area contributed by atoms with Crippen molar-refractivity contribution in [2.75, 3.05) is 18.1 Å². The first-order valence-electron chi connectivity index (χ1n) is 6.61. The molecule has 0 aliphatic carbocycles. The summed E-state index contributed by atoms with van der Waals surface area (Å²) >= 11 is 0. The van der Waals surface area contributed by atoms with Gasteiger partial charge in [-0.25, -0.2) is 4.79 Å². The molecule has 0 spiro atoms. The van der Waals surface area contributed by atoms with Gasteiger partial charge in [-0.3, -0.25) is 9.88 Å². The lowest BCUT2D eigenvalue weighted by Gasteiger charge is -2.13. The third-order valence-electron chi connectivity index (χ3n) is 2.83. The van der Waals surface area contributed by atoms with E-state index in [1.165, 1.54) is 4.90 Å². The summed E-state index contributed by atoms with van der Waals surface area (Å²) in [5.74, 6) is 0. The van der Waals surface area contributed by atoms with Crippen molar-refractivity contribution in [3.8, 4) is 6.07 Å². The molecule has 0 radical (unpaired) electrons. The molecular formula is C14H19N3O3. The number of aromatic nitrogens is 1. The van der Waals surface area contributed by atoms with Crippen LogP contribution in [-0.4, -0.2) is 35.4 Å². The Bertz CT molecular complexity index is 511. The van der Waals surface area contributed by atoms with Crippen LogP contribution in [-0.2, 0) is 4.74 Å². The van der Waals surface area contributed by atoms with Crippen LogP contribution in [0.4, 0.5) is 10.5 Å². The number of cyclic esters (lactones) is 1. The Morgan fingerprint density at radius 2 is 2.30 bits per heavy atom. The molecule has 1 aliphatic heterocycles. The van der Waals surface area contributed by atoms with Crippen molar-refractivity contribution in [3.05, 3.63) is 23.5 Å². The summed E-state index contributed by atoms with van der Waals surface area (Å²) in [6.45, 7) is 6.08. The summed E-state index contributed by atoms with van der Waals surface area (Å²) in [6, 6.07) is 3.65.